The molecule has 186 valence electrons. The van der Waals surface area contributed by atoms with E-state index < -0.39 is 11.2 Å². The van der Waals surface area contributed by atoms with Crippen molar-refractivity contribution >= 4 is 46.0 Å². The van der Waals surface area contributed by atoms with E-state index in [0.29, 0.717) is 51.6 Å². The zero-order valence-electron chi connectivity index (χ0n) is 19.8. The Morgan fingerprint density at radius 3 is 2.24 bits per heavy atom. The fraction of sp³-hybridized carbons (Fsp3) is 0.148. The zero-order valence-corrected chi connectivity index (χ0v) is 21.3. The first-order valence-corrected chi connectivity index (χ1v) is 12.4. The number of ether oxygens (including phenoxy) is 1. The molecule has 6 rings (SSSR count). The summed E-state index contributed by atoms with van der Waals surface area (Å²) in [6, 6.07) is 22.3. The Morgan fingerprint density at radius 2 is 1.54 bits per heavy atom. The lowest BCUT2D eigenvalue weighted by molar-refractivity contribution is 0.482. The molecule has 1 aliphatic heterocycles. The summed E-state index contributed by atoms with van der Waals surface area (Å²) < 4.78 is 10.3. The summed E-state index contributed by atoms with van der Waals surface area (Å²) in [6.07, 6.45) is 0. The number of para-hydroxylation sites is 1. The first-order chi connectivity index (χ1) is 17.9. The molecular weight excluding hydrogens is 513 g/mol. The number of benzene rings is 3. The summed E-state index contributed by atoms with van der Waals surface area (Å²) in [7, 11) is 1.61. The average Bonchev–Trinajstić information content (AvgIpc) is 3.48. The first-order valence-electron chi connectivity index (χ1n) is 11.7. The van der Waals surface area contributed by atoms with Crippen LogP contribution in [0.2, 0.25) is 10.0 Å². The molecule has 3 aromatic carbocycles. The van der Waals surface area contributed by atoms with Gasteiger partial charge in [0, 0.05) is 41.4 Å². The number of anilines is 2. The number of rotatable bonds is 5. The maximum absolute atomic E-state index is 13.6. The highest BCUT2D eigenvalue weighted by Crippen LogP contribution is 2.33. The van der Waals surface area contributed by atoms with Gasteiger partial charge in [0.2, 0.25) is 5.95 Å². The molecule has 0 radical (unpaired) electrons. The van der Waals surface area contributed by atoms with Gasteiger partial charge in [0.15, 0.2) is 11.2 Å². The SMILES string of the molecule is Cn1c(=O)n(Cc2c(Cl)cccc2Cl)c(=O)c2c1nc1n2CCN1c1ccc(Oc2ccccc2)cc1. The van der Waals surface area contributed by atoms with Gasteiger partial charge in [0.1, 0.15) is 11.5 Å². The Hall–Kier alpha value is -4.01. The predicted molar refractivity (Wildman–Crippen MR) is 145 cm³/mol. The summed E-state index contributed by atoms with van der Waals surface area (Å²) in [4.78, 5) is 33.5. The second-order valence-corrected chi connectivity index (χ2v) is 9.54. The van der Waals surface area contributed by atoms with Gasteiger partial charge in [-0.2, -0.15) is 4.98 Å². The van der Waals surface area contributed by atoms with E-state index in [9.17, 15) is 9.59 Å². The van der Waals surface area contributed by atoms with E-state index in [1.165, 1.54) is 4.57 Å². The number of halogens is 2. The van der Waals surface area contributed by atoms with Crippen LogP contribution in [0.5, 0.6) is 11.5 Å². The molecule has 0 spiro atoms. The lowest BCUT2D eigenvalue weighted by Gasteiger charge is -2.16. The largest absolute Gasteiger partial charge is 0.457 e. The molecule has 0 saturated carbocycles. The first kappa shape index (κ1) is 23.4. The van der Waals surface area contributed by atoms with Crippen molar-refractivity contribution in [2.45, 2.75) is 13.1 Å². The molecule has 0 atom stereocenters. The van der Waals surface area contributed by atoms with Crippen molar-refractivity contribution in [1.29, 1.82) is 0 Å². The lowest BCUT2D eigenvalue weighted by atomic mass is 10.2. The Labute approximate surface area is 221 Å². The van der Waals surface area contributed by atoms with Crippen LogP contribution in [0.15, 0.2) is 82.4 Å². The van der Waals surface area contributed by atoms with Crippen LogP contribution < -0.4 is 20.9 Å². The molecule has 0 amide bonds. The molecule has 1 aliphatic rings. The average molecular weight is 534 g/mol. The normalized spacial score (nSPS) is 12.8. The van der Waals surface area contributed by atoms with E-state index in [-0.39, 0.29) is 6.54 Å². The third-order valence-corrected chi connectivity index (χ3v) is 7.21. The van der Waals surface area contributed by atoms with Crippen LogP contribution in [-0.4, -0.2) is 25.2 Å². The maximum Gasteiger partial charge on any atom is 0.332 e. The van der Waals surface area contributed by atoms with Gasteiger partial charge in [-0.25, -0.2) is 4.79 Å². The van der Waals surface area contributed by atoms with Crippen molar-refractivity contribution in [3.05, 3.63) is 109 Å². The molecule has 0 aliphatic carbocycles. The summed E-state index contributed by atoms with van der Waals surface area (Å²) in [5, 5.41) is 0.789. The van der Waals surface area contributed by atoms with Crippen LogP contribution in [0.1, 0.15) is 5.56 Å². The molecule has 0 fully saturated rings. The number of fused-ring (bicyclic) bond motifs is 3. The summed E-state index contributed by atoms with van der Waals surface area (Å²) in [5.41, 5.74) is 1.21. The Morgan fingerprint density at radius 1 is 0.865 bits per heavy atom. The third kappa shape index (κ3) is 3.98. The van der Waals surface area contributed by atoms with Gasteiger partial charge in [-0.05, 0) is 48.5 Å². The van der Waals surface area contributed by atoms with Crippen LogP contribution in [0, 0.1) is 0 Å². The number of aryl methyl sites for hydroxylation is 1. The quantitative estimate of drug-likeness (QED) is 0.310. The number of nitrogens with zero attached hydrogens (tertiary/aromatic N) is 5. The number of hydrogen-bond donors (Lipinski definition) is 0. The number of aromatic nitrogens is 4. The van der Waals surface area contributed by atoms with Crippen molar-refractivity contribution in [2.24, 2.45) is 7.05 Å². The monoisotopic (exact) mass is 533 g/mol. The minimum absolute atomic E-state index is 0.0347. The highest BCUT2D eigenvalue weighted by Gasteiger charge is 2.29. The Kier molecular flexibility index (Phi) is 5.78. The highest BCUT2D eigenvalue weighted by atomic mass is 35.5. The standard InChI is InChI=1S/C27H21Cl2N5O3/c1-31-24-23(25(35)34(27(31)36)16-20-21(28)8-5-9-22(20)29)33-15-14-32(26(33)30-24)17-10-12-19(13-11-17)37-18-6-3-2-4-7-18/h2-13H,14-16H2,1H3. The van der Waals surface area contributed by atoms with Crippen LogP contribution in [0.25, 0.3) is 11.2 Å². The molecule has 10 heteroatoms. The summed E-state index contributed by atoms with van der Waals surface area (Å²) >= 11 is 12.6. The third-order valence-electron chi connectivity index (χ3n) is 6.51. The van der Waals surface area contributed by atoms with E-state index in [0.717, 1.165) is 16.0 Å². The summed E-state index contributed by atoms with van der Waals surface area (Å²) in [5.74, 6) is 2.08. The summed E-state index contributed by atoms with van der Waals surface area (Å²) in [6.45, 7) is 1.15. The zero-order chi connectivity index (χ0) is 25.7. The highest BCUT2D eigenvalue weighted by molar-refractivity contribution is 6.36. The van der Waals surface area contributed by atoms with E-state index >= 15 is 0 Å². The minimum Gasteiger partial charge on any atom is -0.457 e. The molecule has 8 nitrogen and oxygen atoms in total. The molecule has 3 heterocycles. The van der Waals surface area contributed by atoms with Crippen LogP contribution in [0.3, 0.4) is 0 Å². The van der Waals surface area contributed by atoms with Gasteiger partial charge >= 0.3 is 5.69 Å². The van der Waals surface area contributed by atoms with Gasteiger partial charge < -0.3 is 14.2 Å². The molecule has 0 N–H and O–H groups in total. The van der Waals surface area contributed by atoms with E-state index in [4.69, 9.17) is 32.9 Å². The molecule has 5 aromatic rings. The van der Waals surface area contributed by atoms with Gasteiger partial charge in [0.25, 0.3) is 5.56 Å². The van der Waals surface area contributed by atoms with Gasteiger partial charge in [-0.3, -0.25) is 13.9 Å². The number of hydrogen-bond acceptors (Lipinski definition) is 5. The van der Waals surface area contributed by atoms with Gasteiger partial charge in [0.05, 0.1) is 6.54 Å². The van der Waals surface area contributed by atoms with Crippen molar-refractivity contribution in [3.63, 3.8) is 0 Å². The fourth-order valence-corrected chi connectivity index (χ4v) is 5.14. The molecule has 0 unspecified atom stereocenters. The van der Waals surface area contributed by atoms with Gasteiger partial charge in [-0.1, -0.05) is 47.5 Å². The topological polar surface area (TPSA) is 74.3 Å². The molecular formula is C27H21Cl2N5O3. The minimum atomic E-state index is -0.487. The van der Waals surface area contributed by atoms with E-state index in [1.54, 1.807) is 25.2 Å². The molecule has 37 heavy (non-hydrogen) atoms. The maximum atomic E-state index is 13.6. The van der Waals surface area contributed by atoms with Crippen LogP contribution in [0.4, 0.5) is 11.6 Å². The van der Waals surface area contributed by atoms with E-state index in [2.05, 4.69) is 0 Å². The Balaban J connectivity index is 1.38. The van der Waals surface area contributed by atoms with E-state index in [1.807, 2.05) is 64.1 Å². The second-order valence-electron chi connectivity index (χ2n) is 8.73. The number of imidazole rings is 1. The molecule has 2 aromatic heterocycles. The van der Waals surface area contributed by atoms with Gasteiger partial charge in [-0.15, -0.1) is 0 Å². The van der Waals surface area contributed by atoms with Crippen molar-refractivity contribution in [1.82, 2.24) is 18.7 Å². The predicted octanol–water partition coefficient (Wildman–Crippen LogP) is 5.20. The van der Waals surface area contributed by atoms with Crippen LogP contribution in [-0.2, 0) is 20.1 Å². The van der Waals surface area contributed by atoms with Crippen LogP contribution >= 0.6 is 23.2 Å². The lowest BCUT2D eigenvalue weighted by Crippen LogP contribution is -2.40. The van der Waals surface area contributed by atoms with Crippen molar-refractivity contribution in [3.8, 4) is 11.5 Å². The molecule has 0 bridgehead atoms. The molecule has 0 saturated heterocycles. The second kappa shape index (κ2) is 9.14. The smallest absolute Gasteiger partial charge is 0.332 e. The Bertz CT molecular complexity index is 1740. The van der Waals surface area contributed by atoms with Crippen molar-refractivity contribution in [2.75, 3.05) is 11.4 Å². The van der Waals surface area contributed by atoms with Crippen molar-refractivity contribution < 1.29 is 4.74 Å². The fourth-order valence-electron chi connectivity index (χ4n) is 4.62.